The SMILES string of the molecule is Cc1cc(C=C2C(=O)NC(=O)N(c3ccccc3F)C2=O)c(C)n1-c1ccc2ncccc2c1. The zero-order chi connectivity index (χ0) is 24.0. The minimum Gasteiger partial charge on any atom is -0.318 e. The van der Waals surface area contributed by atoms with Crippen LogP contribution >= 0.6 is 0 Å². The second-order valence-electron chi connectivity index (χ2n) is 7.95. The van der Waals surface area contributed by atoms with Gasteiger partial charge in [0.25, 0.3) is 11.8 Å². The van der Waals surface area contributed by atoms with Crippen LogP contribution < -0.4 is 10.2 Å². The van der Waals surface area contributed by atoms with E-state index >= 15 is 0 Å². The summed E-state index contributed by atoms with van der Waals surface area (Å²) in [5.41, 5.74) is 3.61. The average Bonchev–Trinajstić information content (AvgIpc) is 3.10. The molecule has 0 aliphatic carbocycles. The number of urea groups is 1. The van der Waals surface area contributed by atoms with Crippen LogP contribution in [0.1, 0.15) is 17.0 Å². The van der Waals surface area contributed by atoms with E-state index in [1.165, 1.54) is 24.3 Å². The molecule has 4 aromatic rings. The number of hydrogen-bond donors (Lipinski definition) is 1. The van der Waals surface area contributed by atoms with Gasteiger partial charge in [0.2, 0.25) is 0 Å². The topological polar surface area (TPSA) is 84.3 Å². The molecule has 2 aromatic heterocycles. The number of fused-ring (bicyclic) bond motifs is 1. The van der Waals surface area contributed by atoms with Gasteiger partial charge in [-0.2, -0.15) is 0 Å². The van der Waals surface area contributed by atoms with Crippen LogP contribution in [0.25, 0.3) is 22.7 Å². The van der Waals surface area contributed by atoms with Crippen LogP contribution in [0.5, 0.6) is 0 Å². The van der Waals surface area contributed by atoms with Gasteiger partial charge < -0.3 is 4.57 Å². The van der Waals surface area contributed by atoms with Gasteiger partial charge in [-0.3, -0.25) is 19.9 Å². The number of carbonyl (C=O) groups excluding carboxylic acids is 3. The Hall–Kier alpha value is -4.59. The fourth-order valence-electron chi connectivity index (χ4n) is 4.20. The van der Waals surface area contributed by atoms with Gasteiger partial charge >= 0.3 is 6.03 Å². The molecule has 3 heterocycles. The molecule has 4 amide bonds. The number of rotatable bonds is 3. The number of imide groups is 2. The second kappa shape index (κ2) is 8.08. The average molecular weight is 454 g/mol. The molecule has 8 heteroatoms. The number of pyridine rings is 1. The predicted molar refractivity (Wildman–Crippen MR) is 126 cm³/mol. The predicted octanol–water partition coefficient (Wildman–Crippen LogP) is 4.45. The van der Waals surface area contributed by atoms with E-state index in [0.717, 1.165) is 34.0 Å². The minimum atomic E-state index is -0.993. The van der Waals surface area contributed by atoms with Gasteiger partial charge in [0.1, 0.15) is 11.4 Å². The molecule has 7 nitrogen and oxygen atoms in total. The van der Waals surface area contributed by atoms with Crippen molar-refractivity contribution < 1.29 is 18.8 Å². The molecule has 0 radical (unpaired) electrons. The molecule has 1 N–H and O–H groups in total. The highest BCUT2D eigenvalue weighted by atomic mass is 19.1. The van der Waals surface area contributed by atoms with Crippen molar-refractivity contribution >= 4 is 40.5 Å². The third-order valence-corrected chi connectivity index (χ3v) is 5.81. The quantitative estimate of drug-likeness (QED) is 0.366. The third kappa shape index (κ3) is 3.45. The molecule has 5 rings (SSSR count). The van der Waals surface area contributed by atoms with E-state index in [9.17, 15) is 18.8 Å². The Morgan fingerprint density at radius 2 is 1.76 bits per heavy atom. The Labute approximate surface area is 194 Å². The van der Waals surface area contributed by atoms with Crippen molar-refractivity contribution in [3.05, 3.63) is 95.2 Å². The minimum absolute atomic E-state index is 0.223. The first kappa shape index (κ1) is 21.3. The van der Waals surface area contributed by atoms with Gasteiger partial charge in [-0.15, -0.1) is 0 Å². The smallest absolute Gasteiger partial charge is 0.318 e. The van der Waals surface area contributed by atoms with E-state index in [1.807, 2.05) is 54.8 Å². The van der Waals surface area contributed by atoms with Crippen molar-refractivity contribution in [3.63, 3.8) is 0 Å². The van der Waals surface area contributed by atoms with Gasteiger partial charge in [-0.1, -0.05) is 18.2 Å². The summed E-state index contributed by atoms with van der Waals surface area (Å²) in [6.45, 7) is 3.79. The standard InChI is InChI=1S/C26H19FN4O3/c1-15-12-18(16(2)30(15)19-9-10-22-17(13-19)6-5-11-28-22)14-20-24(32)29-26(34)31(25(20)33)23-8-4-3-7-21(23)27/h3-14H,1-2H3,(H,29,32,34). The van der Waals surface area contributed by atoms with Crippen molar-refractivity contribution in [1.82, 2.24) is 14.9 Å². The number of hydrogen-bond acceptors (Lipinski definition) is 4. The number of benzene rings is 2. The lowest BCUT2D eigenvalue weighted by molar-refractivity contribution is -0.122. The third-order valence-electron chi connectivity index (χ3n) is 5.81. The number of carbonyl (C=O) groups is 3. The Kier molecular flexibility index (Phi) is 5.05. The van der Waals surface area contributed by atoms with E-state index in [4.69, 9.17) is 0 Å². The summed E-state index contributed by atoms with van der Waals surface area (Å²) in [4.78, 5) is 43.0. The highest BCUT2D eigenvalue weighted by molar-refractivity contribution is 6.39. The molecule has 1 aliphatic rings. The summed E-state index contributed by atoms with van der Waals surface area (Å²) in [5.74, 6) is -2.46. The van der Waals surface area contributed by atoms with Crippen molar-refractivity contribution in [1.29, 1.82) is 0 Å². The second-order valence-corrected chi connectivity index (χ2v) is 7.95. The van der Waals surface area contributed by atoms with Crippen molar-refractivity contribution in [2.24, 2.45) is 0 Å². The van der Waals surface area contributed by atoms with Crippen LogP contribution in [-0.2, 0) is 9.59 Å². The van der Waals surface area contributed by atoms with Crippen molar-refractivity contribution in [2.45, 2.75) is 13.8 Å². The molecule has 1 saturated heterocycles. The lowest BCUT2D eigenvalue weighted by Crippen LogP contribution is -2.54. The number of nitrogens with one attached hydrogen (secondary N) is 1. The van der Waals surface area contributed by atoms with Crippen LogP contribution in [0.3, 0.4) is 0 Å². The van der Waals surface area contributed by atoms with E-state index in [1.54, 1.807) is 6.20 Å². The van der Waals surface area contributed by atoms with Crippen LogP contribution in [0.2, 0.25) is 0 Å². The van der Waals surface area contributed by atoms with Gasteiger partial charge in [0.05, 0.1) is 11.2 Å². The number of para-hydroxylation sites is 1. The number of anilines is 1. The molecule has 0 unspecified atom stereocenters. The molecule has 1 aliphatic heterocycles. The van der Waals surface area contributed by atoms with Gasteiger partial charge in [-0.25, -0.2) is 14.1 Å². The van der Waals surface area contributed by atoms with Crippen LogP contribution in [0, 0.1) is 19.7 Å². The highest BCUT2D eigenvalue weighted by Gasteiger charge is 2.38. The van der Waals surface area contributed by atoms with Crippen LogP contribution in [-0.4, -0.2) is 27.4 Å². The largest absolute Gasteiger partial charge is 0.336 e. The maximum Gasteiger partial charge on any atom is 0.336 e. The summed E-state index contributed by atoms with van der Waals surface area (Å²) >= 11 is 0. The maximum absolute atomic E-state index is 14.3. The Morgan fingerprint density at radius 3 is 2.56 bits per heavy atom. The fourth-order valence-corrected chi connectivity index (χ4v) is 4.20. The summed E-state index contributed by atoms with van der Waals surface area (Å²) in [7, 11) is 0. The molecule has 2 aromatic carbocycles. The fraction of sp³-hybridized carbons (Fsp3) is 0.0769. The summed E-state index contributed by atoms with van der Waals surface area (Å²) in [6, 6.07) is 16.0. The zero-order valence-electron chi connectivity index (χ0n) is 18.4. The lowest BCUT2D eigenvalue weighted by Gasteiger charge is -2.26. The Balaban J connectivity index is 1.57. The van der Waals surface area contributed by atoms with Gasteiger partial charge in [0.15, 0.2) is 0 Å². The molecule has 0 atom stereocenters. The normalized spacial score (nSPS) is 15.3. The summed E-state index contributed by atoms with van der Waals surface area (Å²) in [5, 5.41) is 3.11. The summed E-state index contributed by atoms with van der Waals surface area (Å²) in [6.07, 6.45) is 3.17. The van der Waals surface area contributed by atoms with E-state index in [2.05, 4.69) is 10.3 Å². The van der Waals surface area contributed by atoms with Crippen molar-refractivity contribution in [3.8, 4) is 5.69 Å². The summed E-state index contributed by atoms with van der Waals surface area (Å²) < 4.78 is 16.3. The monoisotopic (exact) mass is 454 g/mol. The molecular weight excluding hydrogens is 435 g/mol. The number of barbiturate groups is 1. The van der Waals surface area contributed by atoms with E-state index in [0.29, 0.717) is 10.5 Å². The number of nitrogens with zero attached hydrogens (tertiary/aromatic N) is 3. The molecule has 1 fully saturated rings. The van der Waals surface area contributed by atoms with Crippen LogP contribution in [0.15, 0.2) is 72.4 Å². The van der Waals surface area contributed by atoms with Gasteiger partial charge in [0, 0.05) is 28.7 Å². The van der Waals surface area contributed by atoms with E-state index < -0.39 is 23.7 Å². The first-order chi connectivity index (χ1) is 16.3. The number of aromatic nitrogens is 2. The first-order valence-corrected chi connectivity index (χ1v) is 10.6. The van der Waals surface area contributed by atoms with Crippen LogP contribution in [0.4, 0.5) is 14.9 Å². The van der Waals surface area contributed by atoms with E-state index in [-0.39, 0.29) is 11.3 Å². The maximum atomic E-state index is 14.3. The van der Waals surface area contributed by atoms with Gasteiger partial charge in [-0.05, 0) is 68.0 Å². The molecule has 0 bridgehead atoms. The number of amides is 4. The first-order valence-electron chi connectivity index (χ1n) is 10.6. The molecule has 0 spiro atoms. The molecule has 0 saturated carbocycles. The zero-order valence-corrected chi connectivity index (χ0v) is 18.4. The Bertz CT molecular complexity index is 1540. The number of aryl methyl sites for hydroxylation is 1. The molecular formula is C26H19FN4O3. The van der Waals surface area contributed by atoms with Crippen molar-refractivity contribution in [2.75, 3.05) is 4.90 Å². The lowest BCUT2D eigenvalue weighted by atomic mass is 10.1. The Morgan fingerprint density at radius 1 is 0.971 bits per heavy atom. The number of halogens is 1. The highest BCUT2D eigenvalue weighted by Crippen LogP contribution is 2.28. The molecule has 34 heavy (non-hydrogen) atoms. The molecule has 168 valence electrons.